The van der Waals surface area contributed by atoms with Crippen molar-refractivity contribution in [2.75, 3.05) is 17.2 Å². The minimum atomic E-state index is -1.10. The zero-order chi connectivity index (χ0) is 21.3. The lowest BCUT2D eigenvalue weighted by Gasteiger charge is -2.13. The monoisotopic (exact) mass is 398 g/mol. The molecule has 0 aliphatic rings. The number of amides is 1. The Morgan fingerprint density at radius 3 is 2.27 bits per heavy atom. The fourth-order valence-corrected chi connectivity index (χ4v) is 2.86. The van der Waals surface area contributed by atoms with E-state index in [4.69, 9.17) is 0 Å². The third-order valence-corrected chi connectivity index (χ3v) is 4.36. The number of nitrogens with one attached hydrogen (secondary N) is 2. The van der Waals surface area contributed by atoms with Crippen LogP contribution in [0.3, 0.4) is 0 Å². The van der Waals surface area contributed by atoms with Crippen LogP contribution in [-0.2, 0) is 0 Å². The summed E-state index contributed by atoms with van der Waals surface area (Å²) in [7, 11) is 0. The molecule has 0 aliphatic carbocycles. The zero-order valence-electron chi connectivity index (χ0n) is 16.6. The van der Waals surface area contributed by atoms with Crippen LogP contribution in [0.2, 0.25) is 0 Å². The number of carbonyl (C=O) groups excluding carboxylic acids is 1. The van der Waals surface area contributed by atoms with Crippen molar-refractivity contribution in [3.05, 3.63) is 95.1 Å². The molecule has 0 fully saturated rings. The fraction of sp³-hybridized carbons (Fsp3) is 0.120. The molecule has 1 amide bonds. The van der Waals surface area contributed by atoms with Gasteiger partial charge >= 0.3 is 5.97 Å². The smallest absolute Gasteiger partial charge is 0.337 e. The highest BCUT2D eigenvalue weighted by Gasteiger charge is 2.16. The molecule has 150 valence electrons. The van der Waals surface area contributed by atoms with Crippen molar-refractivity contribution in [3.8, 4) is 11.8 Å². The number of rotatable bonds is 6. The molecule has 0 bridgehead atoms. The van der Waals surface area contributed by atoms with Crippen LogP contribution in [0.25, 0.3) is 0 Å². The summed E-state index contributed by atoms with van der Waals surface area (Å²) in [6, 6.07) is 21.3. The lowest BCUT2D eigenvalue weighted by atomic mass is 10.1. The van der Waals surface area contributed by atoms with Crippen LogP contribution in [0.15, 0.2) is 72.8 Å². The van der Waals surface area contributed by atoms with Gasteiger partial charge in [0.25, 0.3) is 5.91 Å². The van der Waals surface area contributed by atoms with Gasteiger partial charge in [-0.3, -0.25) is 4.79 Å². The third-order valence-electron chi connectivity index (χ3n) is 4.36. The Morgan fingerprint density at radius 2 is 1.53 bits per heavy atom. The molecule has 0 aliphatic heterocycles. The number of aromatic carboxylic acids is 1. The predicted molar refractivity (Wildman–Crippen MR) is 119 cm³/mol. The van der Waals surface area contributed by atoms with Gasteiger partial charge in [0, 0.05) is 23.4 Å². The average Bonchev–Trinajstić information content (AvgIpc) is 2.77. The van der Waals surface area contributed by atoms with Gasteiger partial charge in [-0.1, -0.05) is 49.1 Å². The van der Waals surface area contributed by atoms with Crippen molar-refractivity contribution < 1.29 is 14.7 Å². The maximum absolute atomic E-state index is 13.0. The Labute approximate surface area is 175 Å². The molecule has 30 heavy (non-hydrogen) atoms. The molecule has 0 aromatic heterocycles. The molecule has 3 aromatic carbocycles. The number of anilines is 2. The van der Waals surface area contributed by atoms with Crippen molar-refractivity contribution in [1.82, 2.24) is 0 Å². The molecule has 5 nitrogen and oxygen atoms in total. The first kappa shape index (κ1) is 20.7. The summed E-state index contributed by atoms with van der Waals surface area (Å²) in [5.41, 5.74) is 2.94. The van der Waals surface area contributed by atoms with Gasteiger partial charge in [0.15, 0.2) is 0 Å². The van der Waals surface area contributed by atoms with E-state index in [-0.39, 0.29) is 11.3 Å². The lowest BCUT2D eigenvalue weighted by Crippen LogP contribution is -2.17. The van der Waals surface area contributed by atoms with E-state index in [1.54, 1.807) is 24.3 Å². The van der Waals surface area contributed by atoms with Crippen molar-refractivity contribution >= 4 is 23.3 Å². The number of carboxylic acid groups (broad SMARTS) is 1. The van der Waals surface area contributed by atoms with Crippen molar-refractivity contribution in [2.45, 2.75) is 13.3 Å². The summed E-state index contributed by atoms with van der Waals surface area (Å²) in [5, 5.41) is 15.3. The largest absolute Gasteiger partial charge is 0.478 e. The van der Waals surface area contributed by atoms with Gasteiger partial charge in [0.05, 0.1) is 16.8 Å². The summed E-state index contributed by atoms with van der Waals surface area (Å²) in [6.45, 7) is 2.75. The van der Waals surface area contributed by atoms with Crippen LogP contribution < -0.4 is 10.6 Å². The van der Waals surface area contributed by atoms with Crippen LogP contribution in [0, 0.1) is 11.8 Å². The van der Waals surface area contributed by atoms with E-state index in [0.29, 0.717) is 23.4 Å². The van der Waals surface area contributed by atoms with Crippen LogP contribution in [-0.4, -0.2) is 23.5 Å². The molecule has 0 saturated heterocycles. The number of carbonyl (C=O) groups is 2. The second-order valence-corrected chi connectivity index (χ2v) is 6.61. The molecule has 0 radical (unpaired) electrons. The van der Waals surface area contributed by atoms with E-state index in [2.05, 4.69) is 22.5 Å². The second-order valence-electron chi connectivity index (χ2n) is 6.61. The summed E-state index contributed by atoms with van der Waals surface area (Å²) < 4.78 is 0. The molecule has 0 heterocycles. The lowest BCUT2D eigenvalue weighted by molar-refractivity contribution is 0.0698. The van der Waals surface area contributed by atoms with Gasteiger partial charge in [-0.25, -0.2) is 4.79 Å². The van der Waals surface area contributed by atoms with Gasteiger partial charge in [-0.05, 0) is 48.9 Å². The zero-order valence-corrected chi connectivity index (χ0v) is 16.6. The number of hydrogen-bond donors (Lipinski definition) is 3. The quantitative estimate of drug-likeness (QED) is 0.518. The molecular formula is C25H22N2O3. The molecule has 0 unspecified atom stereocenters. The molecule has 5 heteroatoms. The number of benzene rings is 3. The summed E-state index contributed by atoms with van der Waals surface area (Å²) in [4.78, 5) is 24.4. The standard InChI is InChI=1S/C25H22N2O3/c1-2-16-26-22-15-14-19(13-12-18-8-4-3-5-9-18)17-21(22)24(28)27-23-11-7-6-10-20(23)25(29)30/h3-11,14-15,17,26H,2,16H2,1H3,(H,27,28)(H,29,30). The maximum atomic E-state index is 13.0. The Balaban J connectivity index is 1.93. The molecule has 3 rings (SSSR count). The molecule has 3 aromatic rings. The normalized spacial score (nSPS) is 9.90. The van der Waals surface area contributed by atoms with Crippen molar-refractivity contribution in [2.24, 2.45) is 0 Å². The van der Waals surface area contributed by atoms with Crippen LogP contribution in [0.5, 0.6) is 0 Å². The predicted octanol–water partition coefficient (Wildman–Crippen LogP) is 4.86. The topological polar surface area (TPSA) is 78.4 Å². The Bertz CT molecular complexity index is 1110. The first-order valence-electron chi connectivity index (χ1n) is 9.67. The minimum absolute atomic E-state index is 0.0361. The summed E-state index contributed by atoms with van der Waals surface area (Å²) in [6.07, 6.45) is 0.901. The molecule has 3 N–H and O–H groups in total. The number of carboxylic acids is 1. The van der Waals surface area contributed by atoms with E-state index in [1.165, 1.54) is 6.07 Å². The molecule has 0 atom stereocenters. The van der Waals surface area contributed by atoms with Crippen molar-refractivity contribution in [3.63, 3.8) is 0 Å². The van der Waals surface area contributed by atoms with E-state index < -0.39 is 11.9 Å². The SMILES string of the molecule is CCCNc1ccc(C#Cc2ccccc2)cc1C(=O)Nc1ccccc1C(=O)O. The first-order valence-corrected chi connectivity index (χ1v) is 9.67. The second kappa shape index (κ2) is 9.94. The van der Waals surface area contributed by atoms with E-state index >= 15 is 0 Å². The summed E-state index contributed by atoms with van der Waals surface area (Å²) in [5.74, 6) is 4.67. The Morgan fingerprint density at radius 1 is 0.833 bits per heavy atom. The number of hydrogen-bond acceptors (Lipinski definition) is 3. The average molecular weight is 398 g/mol. The Kier molecular flexibility index (Phi) is 6.86. The van der Waals surface area contributed by atoms with Gasteiger partial charge in [-0.15, -0.1) is 0 Å². The summed E-state index contributed by atoms with van der Waals surface area (Å²) >= 11 is 0. The minimum Gasteiger partial charge on any atom is -0.478 e. The third kappa shape index (κ3) is 5.27. The highest BCUT2D eigenvalue weighted by molar-refractivity contribution is 6.10. The van der Waals surface area contributed by atoms with Gasteiger partial charge < -0.3 is 15.7 Å². The van der Waals surface area contributed by atoms with E-state index in [1.807, 2.05) is 49.4 Å². The van der Waals surface area contributed by atoms with Gasteiger partial charge in [0.1, 0.15) is 0 Å². The van der Waals surface area contributed by atoms with Gasteiger partial charge in [0.2, 0.25) is 0 Å². The number of para-hydroxylation sites is 1. The molecular weight excluding hydrogens is 376 g/mol. The molecule has 0 spiro atoms. The Hall–Kier alpha value is -4.04. The maximum Gasteiger partial charge on any atom is 0.337 e. The highest BCUT2D eigenvalue weighted by Crippen LogP contribution is 2.21. The first-order chi connectivity index (χ1) is 14.6. The van der Waals surface area contributed by atoms with Gasteiger partial charge in [-0.2, -0.15) is 0 Å². The molecule has 0 saturated carbocycles. The van der Waals surface area contributed by atoms with Crippen LogP contribution >= 0.6 is 0 Å². The van der Waals surface area contributed by atoms with Crippen LogP contribution in [0.4, 0.5) is 11.4 Å². The van der Waals surface area contributed by atoms with E-state index in [9.17, 15) is 14.7 Å². The van der Waals surface area contributed by atoms with Crippen LogP contribution in [0.1, 0.15) is 45.2 Å². The fourth-order valence-electron chi connectivity index (χ4n) is 2.86. The highest BCUT2D eigenvalue weighted by atomic mass is 16.4. The van der Waals surface area contributed by atoms with Crippen molar-refractivity contribution in [1.29, 1.82) is 0 Å². The van der Waals surface area contributed by atoms with E-state index in [0.717, 1.165) is 12.0 Å².